The molecule has 0 aliphatic carbocycles. The Morgan fingerprint density at radius 1 is 1.07 bits per heavy atom. The molecule has 2 heterocycles. The molecule has 0 spiro atoms. The van der Waals surface area contributed by atoms with Gasteiger partial charge in [0.15, 0.2) is 11.4 Å². The second kappa shape index (κ2) is 7.42. The van der Waals surface area contributed by atoms with Crippen LogP contribution in [0.25, 0.3) is 11.6 Å². The molecule has 1 atom stereocenters. The maximum absolute atomic E-state index is 12.2. The zero-order valence-electron chi connectivity index (χ0n) is 16.6. The lowest BCUT2D eigenvalue weighted by atomic mass is 9.86. The zero-order chi connectivity index (χ0) is 20.4. The number of hydrogen-bond donors (Lipinski definition) is 1. The fourth-order valence-corrected chi connectivity index (χ4v) is 2.18. The first-order valence-electron chi connectivity index (χ1n) is 8.40. The van der Waals surface area contributed by atoms with Crippen molar-refractivity contribution in [3.8, 4) is 11.6 Å². The van der Waals surface area contributed by atoms with Gasteiger partial charge in [-0.1, -0.05) is 20.8 Å². The third-order valence-corrected chi connectivity index (χ3v) is 3.41. The maximum Gasteiger partial charge on any atom is 0.408 e. The second-order valence-corrected chi connectivity index (χ2v) is 8.05. The highest BCUT2D eigenvalue weighted by atomic mass is 16.6. The molecule has 1 N–H and O–H groups in total. The number of nitrogens with one attached hydrogen (secondary N) is 1. The molecule has 0 fully saturated rings. The molecule has 0 saturated heterocycles. The Hall–Kier alpha value is -2.84. The molecule has 2 aromatic rings. The van der Waals surface area contributed by atoms with Crippen molar-refractivity contribution in [1.29, 1.82) is 0 Å². The van der Waals surface area contributed by atoms with E-state index in [4.69, 9.17) is 13.6 Å². The second-order valence-electron chi connectivity index (χ2n) is 8.05. The highest BCUT2D eigenvalue weighted by molar-refractivity contribution is 5.87. The van der Waals surface area contributed by atoms with Crippen LogP contribution in [0.15, 0.2) is 21.4 Å². The lowest BCUT2D eigenvalue weighted by molar-refractivity contribution is 0.0446. The van der Waals surface area contributed by atoms with Crippen LogP contribution in [0.3, 0.4) is 0 Å². The fourth-order valence-electron chi connectivity index (χ4n) is 2.18. The summed E-state index contributed by atoms with van der Waals surface area (Å²) in [5.74, 6) is -0.246. The van der Waals surface area contributed by atoms with E-state index < -0.39 is 29.1 Å². The summed E-state index contributed by atoms with van der Waals surface area (Å²) in [6, 6.07) is -0.559. The van der Waals surface area contributed by atoms with E-state index in [1.165, 1.54) is 19.6 Å². The van der Waals surface area contributed by atoms with Gasteiger partial charge in [-0.05, 0) is 26.2 Å². The molecule has 0 unspecified atom stereocenters. The van der Waals surface area contributed by atoms with Gasteiger partial charge in [0, 0.05) is 0 Å². The third kappa shape index (κ3) is 5.32. The predicted molar refractivity (Wildman–Crippen MR) is 94.9 cm³/mol. The number of oxazole rings is 2. The average Bonchev–Trinajstić information content (AvgIpc) is 3.17. The van der Waals surface area contributed by atoms with E-state index in [-0.39, 0.29) is 17.5 Å². The monoisotopic (exact) mass is 379 g/mol. The smallest absolute Gasteiger partial charge is 0.408 e. The van der Waals surface area contributed by atoms with Crippen molar-refractivity contribution in [2.24, 2.45) is 5.41 Å². The predicted octanol–water partition coefficient (Wildman–Crippen LogP) is 3.73. The Kier molecular flexibility index (Phi) is 5.62. The topological polar surface area (TPSA) is 117 Å². The number of aromatic nitrogens is 2. The van der Waals surface area contributed by atoms with E-state index in [0.717, 1.165) is 0 Å². The fraction of sp³-hybridized carbons (Fsp3) is 0.556. The van der Waals surface area contributed by atoms with Crippen LogP contribution in [-0.4, -0.2) is 34.7 Å². The summed E-state index contributed by atoms with van der Waals surface area (Å²) >= 11 is 0. The molecule has 9 heteroatoms. The quantitative estimate of drug-likeness (QED) is 0.799. The van der Waals surface area contributed by atoms with E-state index in [1.807, 2.05) is 20.8 Å². The number of amides is 1. The van der Waals surface area contributed by atoms with Gasteiger partial charge in [-0.25, -0.2) is 19.6 Å². The Balaban J connectivity index is 2.24. The Labute approximate surface area is 157 Å². The first-order chi connectivity index (χ1) is 12.4. The van der Waals surface area contributed by atoms with Gasteiger partial charge >= 0.3 is 12.1 Å². The number of carbonyl (C=O) groups is 2. The largest absolute Gasteiger partial charge is 0.464 e. The average molecular weight is 379 g/mol. The number of esters is 1. The van der Waals surface area contributed by atoms with Crippen molar-refractivity contribution < 1.29 is 27.9 Å². The lowest BCUT2D eigenvalue weighted by Crippen LogP contribution is -2.40. The molecule has 9 nitrogen and oxygen atoms in total. The number of hydrogen-bond acceptors (Lipinski definition) is 8. The van der Waals surface area contributed by atoms with Crippen LogP contribution in [0.1, 0.15) is 64.0 Å². The van der Waals surface area contributed by atoms with Gasteiger partial charge < -0.3 is 23.6 Å². The molecular weight excluding hydrogens is 354 g/mol. The summed E-state index contributed by atoms with van der Waals surface area (Å²) in [6.07, 6.45) is 1.94. The van der Waals surface area contributed by atoms with E-state index in [1.54, 1.807) is 20.8 Å². The van der Waals surface area contributed by atoms with E-state index in [2.05, 4.69) is 20.0 Å². The number of ether oxygens (including phenoxy) is 2. The zero-order valence-corrected chi connectivity index (χ0v) is 16.6. The summed E-state index contributed by atoms with van der Waals surface area (Å²) in [4.78, 5) is 32.1. The Morgan fingerprint density at radius 2 is 1.74 bits per heavy atom. The van der Waals surface area contributed by atoms with Crippen LogP contribution in [0.2, 0.25) is 0 Å². The maximum atomic E-state index is 12.2. The van der Waals surface area contributed by atoms with Gasteiger partial charge in [0.25, 0.3) is 0 Å². The van der Waals surface area contributed by atoms with Gasteiger partial charge in [-0.3, -0.25) is 0 Å². The van der Waals surface area contributed by atoms with Crippen LogP contribution >= 0.6 is 0 Å². The molecule has 0 aliphatic rings. The first-order valence-corrected chi connectivity index (χ1v) is 8.40. The first kappa shape index (κ1) is 20.5. The summed E-state index contributed by atoms with van der Waals surface area (Å²) in [6.45, 7) is 11.1. The SMILES string of the molecule is COC(=O)c1coc(-c2coc([C@@H](NC(=O)OC(C)(C)C)C(C)(C)C)n2)n1. The van der Waals surface area contributed by atoms with Gasteiger partial charge in [-0.2, -0.15) is 0 Å². The normalized spacial score (nSPS) is 13.1. The molecule has 0 radical (unpaired) electrons. The molecule has 0 aliphatic heterocycles. The van der Waals surface area contributed by atoms with Crippen LogP contribution in [0.5, 0.6) is 0 Å². The minimum atomic E-state index is -0.628. The van der Waals surface area contributed by atoms with Gasteiger partial charge in [0.05, 0.1) is 7.11 Å². The highest BCUT2D eigenvalue weighted by Crippen LogP contribution is 2.34. The summed E-state index contributed by atoms with van der Waals surface area (Å²) in [7, 11) is 1.25. The summed E-state index contributed by atoms with van der Waals surface area (Å²) < 4.78 is 20.7. The van der Waals surface area contributed by atoms with Gasteiger partial charge in [0.1, 0.15) is 24.2 Å². The number of methoxy groups -OCH3 is 1. The molecule has 27 heavy (non-hydrogen) atoms. The molecule has 0 saturated carbocycles. The van der Waals surface area contributed by atoms with E-state index >= 15 is 0 Å². The van der Waals surface area contributed by atoms with Gasteiger partial charge in [0.2, 0.25) is 11.8 Å². The summed E-state index contributed by atoms with van der Waals surface area (Å²) in [5.41, 5.74) is -0.722. The van der Waals surface area contributed by atoms with Crippen molar-refractivity contribution in [2.45, 2.75) is 53.2 Å². The molecule has 2 rings (SSSR count). The van der Waals surface area contributed by atoms with Crippen molar-refractivity contribution >= 4 is 12.1 Å². The Morgan fingerprint density at radius 3 is 2.30 bits per heavy atom. The standard InChI is InChI=1S/C18H25N3O6/c1-17(2,3)12(21-16(23)27-18(4,5)6)14-19-10(8-26-14)13-20-11(9-25-13)15(22)24-7/h8-9,12H,1-7H3,(H,21,23)/t12-/m1/s1. The minimum Gasteiger partial charge on any atom is -0.464 e. The van der Waals surface area contributed by atoms with Crippen LogP contribution in [-0.2, 0) is 9.47 Å². The highest BCUT2D eigenvalue weighted by Gasteiger charge is 2.34. The molecule has 1 amide bonds. The number of nitrogens with zero attached hydrogens (tertiary/aromatic N) is 2. The molecular formula is C18H25N3O6. The van der Waals surface area contributed by atoms with E-state index in [9.17, 15) is 9.59 Å². The van der Waals surface area contributed by atoms with Crippen LogP contribution in [0, 0.1) is 5.41 Å². The van der Waals surface area contributed by atoms with Crippen molar-refractivity contribution in [2.75, 3.05) is 7.11 Å². The summed E-state index contributed by atoms with van der Waals surface area (Å²) in [5, 5.41) is 2.78. The van der Waals surface area contributed by atoms with Crippen LogP contribution in [0.4, 0.5) is 4.79 Å². The van der Waals surface area contributed by atoms with E-state index in [0.29, 0.717) is 5.69 Å². The van der Waals surface area contributed by atoms with Gasteiger partial charge in [-0.15, -0.1) is 0 Å². The molecule has 0 aromatic carbocycles. The van der Waals surface area contributed by atoms with Crippen molar-refractivity contribution in [3.05, 3.63) is 24.1 Å². The molecule has 148 valence electrons. The number of alkyl carbamates (subject to hydrolysis) is 1. The molecule has 0 bridgehead atoms. The minimum absolute atomic E-state index is 0.0244. The van der Waals surface area contributed by atoms with Crippen molar-refractivity contribution in [3.63, 3.8) is 0 Å². The Bertz CT molecular complexity index is 810. The van der Waals surface area contributed by atoms with Crippen LogP contribution < -0.4 is 5.32 Å². The molecule has 2 aromatic heterocycles. The van der Waals surface area contributed by atoms with Crippen molar-refractivity contribution in [1.82, 2.24) is 15.3 Å². The lowest BCUT2D eigenvalue weighted by Gasteiger charge is -2.30. The number of rotatable bonds is 4. The number of carbonyl (C=O) groups excluding carboxylic acids is 2. The third-order valence-electron chi connectivity index (χ3n) is 3.41.